The molecule has 10 heteroatoms. The van der Waals surface area contributed by atoms with E-state index in [1.165, 1.54) is 30.8 Å². The van der Waals surface area contributed by atoms with Crippen LogP contribution in [0.4, 0.5) is 9.18 Å². The molecule has 2 aliphatic heterocycles. The van der Waals surface area contributed by atoms with Gasteiger partial charge in [0.25, 0.3) is 0 Å². The van der Waals surface area contributed by atoms with Crippen LogP contribution < -0.4 is 9.47 Å². The molecule has 4 heterocycles. The quantitative estimate of drug-likeness (QED) is 0.537. The van der Waals surface area contributed by atoms with E-state index < -0.39 is 0 Å². The molecule has 2 bridgehead atoms. The Kier molecular flexibility index (Phi) is 5.49. The van der Waals surface area contributed by atoms with E-state index in [4.69, 9.17) is 18.9 Å². The zero-order chi connectivity index (χ0) is 23.2. The zero-order valence-electron chi connectivity index (χ0n) is 18.6. The van der Waals surface area contributed by atoms with Crippen molar-refractivity contribution in [1.82, 2.24) is 14.9 Å². The maximum Gasteiger partial charge on any atom is 0.410 e. The molecule has 34 heavy (non-hydrogen) atoms. The lowest BCUT2D eigenvalue weighted by molar-refractivity contribution is -0.109. The van der Waals surface area contributed by atoms with E-state index in [0.29, 0.717) is 54.6 Å². The first-order valence-corrected chi connectivity index (χ1v) is 12.2. The number of ether oxygens (including phenoxy) is 4. The highest BCUT2D eigenvalue weighted by Gasteiger charge is 2.45. The van der Waals surface area contributed by atoms with Crippen molar-refractivity contribution in [1.29, 1.82) is 0 Å². The Hall–Kier alpha value is -2.98. The number of hydrogen-bond donors (Lipinski definition) is 0. The SMILES string of the molecule is COc1ccc(-c2csc3c(OC4C5COCC4CN(C(=O)OC4CC4)C5)ncnc23)c(F)c1. The Morgan fingerprint density at radius 3 is 2.68 bits per heavy atom. The van der Waals surface area contributed by atoms with Crippen LogP contribution in [-0.2, 0) is 9.47 Å². The molecule has 2 aromatic heterocycles. The van der Waals surface area contributed by atoms with Gasteiger partial charge >= 0.3 is 6.09 Å². The van der Waals surface area contributed by atoms with Crippen molar-refractivity contribution >= 4 is 27.6 Å². The first-order chi connectivity index (χ1) is 16.6. The number of carbonyl (C=O) groups is 1. The second-order valence-corrected chi connectivity index (χ2v) is 9.86. The molecule has 1 amide bonds. The van der Waals surface area contributed by atoms with Crippen molar-refractivity contribution < 1.29 is 28.1 Å². The second kappa shape index (κ2) is 8.66. The van der Waals surface area contributed by atoms with Crippen LogP contribution in [0.3, 0.4) is 0 Å². The van der Waals surface area contributed by atoms with E-state index >= 15 is 0 Å². The zero-order valence-corrected chi connectivity index (χ0v) is 19.4. The number of fused-ring (bicyclic) bond motifs is 3. The average Bonchev–Trinajstić information content (AvgIpc) is 3.54. The maximum absolute atomic E-state index is 14.7. The Morgan fingerprint density at radius 2 is 1.97 bits per heavy atom. The molecule has 0 N–H and O–H groups in total. The first kappa shape index (κ1) is 21.5. The molecule has 3 fully saturated rings. The van der Waals surface area contributed by atoms with Crippen LogP contribution in [0.1, 0.15) is 12.8 Å². The lowest BCUT2D eigenvalue weighted by Crippen LogP contribution is -2.58. The third-order valence-electron chi connectivity index (χ3n) is 6.59. The minimum Gasteiger partial charge on any atom is -0.497 e. The molecule has 0 spiro atoms. The Labute approximate surface area is 199 Å². The summed E-state index contributed by atoms with van der Waals surface area (Å²) in [5, 5.41) is 1.87. The van der Waals surface area contributed by atoms with Gasteiger partial charge in [0.05, 0.1) is 25.8 Å². The summed E-state index contributed by atoms with van der Waals surface area (Å²) >= 11 is 1.43. The van der Waals surface area contributed by atoms with E-state index in [9.17, 15) is 9.18 Å². The van der Waals surface area contributed by atoms with Gasteiger partial charge in [0.15, 0.2) is 0 Å². The van der Waals surface area contributed by atoms with Gasteiger partial charge in [-0.2, -0.15) is 0 Å². The largest absolute Gasteiger partial charge is 0.497 e. The third-order valence-corrected chi connectivity index (χ3v) is 7.55. The summed E-state index contributed by atoms with van der Waals surface area (Å²) in [6.45, 7) is 2.06. The number of piperidine rings is 1. The lowest BCUT2D eigenvalue weighted by Gasteiger charge is -2.45. The molecular weight excluding hydrogens is 461 g/mol. The molecule has 1 saturated carbocycles. The normalized spacial score (nSPS) is 24.2. The lowest BCUT2D eigenvalue weighted by atomic mass is 9.84. The van der Waals surface area contributed by atoms with Crippen LogP contribution >= 0.6 is 11.3 Å². The highest BCUT2D eigenvalue weighted by molar-refractivity contribution is 7.18. The summed E-state index contributed by atoms with van der Waals surface area (Å²) in [6, 6.07) is 4.78. The van der Waals surface area contributed by atoms with Gasteiger partial charge in [-0.05, 0) is 25.0 Å². The molecule has 2 saturated heterocycles. The number of hydrogen-bond acceptors (Lipinski definition) is 8. The second-order valence-electron chi connectivity index (χ2n) is 8.98. The summed E-state index contributed by atoms with van der Waals surface area (Å²) in [5.74, 6) is 0.592. The van der Waals surface area contributed by atoms with E-state index in [1.54, 1.807) is 17.0 Å². The number of thiophene rings is 1. The molecule has 6 rings (SSSR count). The van der Waals surface area contributed by atoms with Crippen molar-refractivity contribution in [3.8, 4) is 22.8 Å². The van der Waals surface area contributed by atoms with Gasteiger partial charge in [0.2, 0.25) is 5.88 Å². The molecule has 178 valence electrons. The van der Waals surface area contributed by atoms with Crippen LogP contribution in [0.15, 0.2) is 29.9 Å². The number of nitrogens with zero attached hydrogens (tertiary/aromatic N) is 3. The highest BCUT2D eigenvalue weighted by atomic mass is 32.1. The average molecular weight is 486 g/mol. The summed E-state index contributed by atoms with van der Waals surface area (Å²) in [4.78, 5) is 23.1. The van der Waals surface area contributed by atoms with Crippen LogP contribution in [0, 0.1) is 17.7 Å². The fourth-order valence-electron chi connectivity index (χ4n) is 4.72. The number of amides is 1. The van der Waals surface area contributed by atoms with Gasteiger partial charge < -0.3 is 23.8 Å². The Bertz CT molecular complexity index is 1220. The van der Waals surface area contributed by atoms with Gasteiger partial charge in [-0.15, -0.1) is 11.3 Å². The molecular formula is C24H24FN3O5S. The number of halogens is 1. The fourth-order valence-corrected chi connectivity index (χ4v) is 5.67. The fraction of sp³-hybridized carbons (Fsp3) is 0.458. The number of carbonyl (C=O) groups excluding carboxylic acids is 1. The monoisotopic (exact) mass is 485 g/mol. The minimum absolute atomic E-state index is 0.0164. The standard InChI is InChI=1S/C24H24FN3O5S/c1-30-16-4-5-17(19(25)6-16)18-11-34-22-20(18)26-12-27-23(22)33-21-13-7-28(8-14(21)10-31-9-13)24(29)32-15-2-3-15/h4-6,11-15,21H,2-3,7-10H2,1H3. The van der Waals surface area contributed by atoms with Crippen molar-refractivity contribution in [2.24, 2.45) is 11.8 Å². The molecule has 3 aromatic rings. The van der Waals surface area contributed by atoms with Gasteiger partial charge in [-0.1, -0.05) is 0 Å². The molecule has 2 unspecified atom stereocenters. The van der Waals surface area contributed by atoms with Gasteiger partial charge in [0, 0.05) is 47.5 Å². The number of rotatable bonds is 5. The van der Waals surface area contributed by atoms with Crippen LogP contribution in [0.25, 0.3) is 21.3 Å². The molecule has 0 radical (unpaired) electrons. The van der Waals surface area contributed by atoms with E-state index in [0.717, 1.165) is 17.5 Å². The van der Waals surface area contributed by atoms with Crippen molar-refractivity contribution in [2.75, 3.05) is 33.4 Å². The Morgan fingerprint density at radius 1 is 1.18 bits per heavy atom. The van der Waals surface area contributed by atoms with E-state index in [2.05, 4.69) is 9.97 Å². The first-order valence-electron chi connectivity index (χ1n) is 11.4. The molecule has 8 nitrogen and oxygen atoms in total. The van der Waals surface area contributed by atoms with Crippen LogP contribution in [0.2, 0.25) is 0 Å². The van der Waals surface area contributed by atoms with Gasteiger partial charge in [-0.3, -0.25) is 0 Å². The smallest absolute Gasteiger partial charge is 0.410 e. The van der Waals surface area contributed by atoms with E-state index in [-0.39, 0.29) is 36.0 Å². The topological polar surface area (TPSA) is 83.0 Å². The van der Waals surface area contributed by atoms with Crippen molar-refractivity contribution in [3.63, 3.8) is 0 Å². The molecule has 3 aliphatic rings. The summed E-state index contributed by atoms with van der Waals surface area (Å²) in [5.41, 5.74) is 1.78. The van der Waals surface area contributed by atoms with Gasteiger partial charge in [-0.25, -0.2) is 19.2 Å². The molecule has 1 aromatic carbocycles. The molecule has 2 atom stereocenters. The number of methoxy groups -OCH3 is 1. The van der Waals surface area contributed by atoms with Crippen molar-refractivity contribution in [3.05, 3.63) is 35.7 Å². The predicted octanol–water partition coefficient (Wildman–Crippen LogP) is 4.13. The van der Waals surface area contributed by atoms with Crippen LogP contribution in [-0.4, -0.2) is 66.6 Å². The number of benzene rings is 1. The van der Waals surface area contributed by atoms with E-state index in [1.807, 2.05) is 5.38 Å². The highest BCUT2D eigenvalue weighted by Crippen LogP contribution is 2.40. The Balaban J connectivity index is 1.25. The van der Waals surface area contributed by atoms with Gasteiger partial charge in [0.1, 0.15) is 34.8 Å². The summed E-state index contributed by atoms with van der Waals surface area (Å²) < 4.78 is 38.3. The third kappa shape index (κ3) is 3.94. The number of aromatic nitrogens is 2. The van der Waals surface area contributed by atoms with Crippen LogP contribution in [0.5, 0.6) is 11.6 Å². The predicted molar refractivity (Wildman–Crippen MR) is 123 cm³/mol. The summed E-state index contributed by atoms with van der Waals surface area (Å²) in [7, 11) is 1.51. The van der Waals surface area contributed by atoms with Crippen molar-refractivity contribution in [2.45, 2.75) is 25.0 Å². The molecule has 1 aliphatic carbocycles. The maximum atomic E-state index is 14.7. The number of likely N-dealkylation sites (tertiary alicyclic amines) is 1. The minimum atomic E-state index is -0.378. The summed E-state index contributed by atoms with van der Waals surface area (Å²) in [6.07, 6.45) is 3.05.